The normalized spacial score (nSPS) is 27.3. The third kappa shape index (κ3) is 1.52. The summed E-state index contributed by atoms with van der Waals surface area (Å²) in [4.78, 5) is 11.7. The smallest absolute Gasteiger partial charge is 0.251 e. The molecule has 1 fully saturated rings. The van der Waals surface area contributed by atoms with Gasteiger partial charge in [0.2, 0.25) is 0 Å². The van der Waals surface area contributed by atoms with Gasteiger partial charge in [0.05, 0.1) is 0 Å². The van der Waals surface area contributed by atoms with Crippen LogP contribution in [0.25, 0.3) is 0 Å². The Morgan fingerprint density at radius 1 is 1.20 bits per heavy atom. The van der Waals surface area contributed by atoms with Crippen molar-refractivity contribution in [3.63, 3.8) is 0 Å². The zero-order valence-electron chi connectivity index (χ0n) is 8.19. The molecule has 1 saturated heterocycles. The number of carbonyl (C=O) groups excluding carboxylic acids is 1. The molecule has 0 spiro atoms. The molecular formula is C11H13ClN2O. The molecule has 0 aromatic heterocycles. The molecule has 2 aliphatic rings. The second kappa shape index (κ2) is 3.83. The lowest BCUT2D eigenvalue weighted by Crippen LogP contribution is -2.44. The molecule has 2 aliphatic heterocycles. The molecular weight excluding hydrogens is 212 g/mol. The van der Waals surface area contributed by atoms with Crippen molar-refractivity contribution in [3.05, 3.63) is 35.4 Å². The summed E-state index contributed by atoms with van der Waals surface area (Å²) in [6.07, 6.45) is 0. The van der Waals surface area contributed by atoms with Crippen LogP contribution in [0.1, 0.15) is 21.8 Å². The van der Waals surface area contributed by atoms with Gasteiger partial charge in [0.1, 0.15) is 0 Å². The Hall–Kier alpha value is -1.06. The summed E-state index contributed by atoms with van der Waals surface area (Å²) in [6.45, 7) is 1.87. The Balaban J connectivity index is 0.000000853. The van der Waals surface area contributed by atoms with Gasteiger partial charge in [0.25, 0.3) is 5.91 Å². The number of amides is 1. The summed E-state index contributed by atoms with van der Waals surface area (Å²) in [5, 5.41) is 6.34. The van der Waals surface area contributed by atoms with Crippen molar-refractivity contribution in [2.75, 3.05) is 13.1 Å². The van der Waals surface area contributed by atoms with Gasteiger partial charge in [-0.2, -0.15) is 0 Å². The van der Waals surface area contributed by atoms with Crippen molar-refractivity contribution in [1.82, 2.24) is 10.6 Å². The van der Waals surface area contributed by atoms with Gasteiger partial charge in [-0.15, -0.1) is 12.4 Å². The number of carbonyl (C=O) groups is 1. The molecule has 1 amide bonds. The minimum absolute atomic E-state index is 0. The third-order valence-electron chi connectivity index (χ3n) is 3.14. The van der Waals surface area contributed by atoms with E-state index in [1.54, 1.807) is 0 Å². The highest BCUT2D eigenvalue weighted by Gasteiger charge is 2.36. The molecule has 80 valence electrons. The van der Waals surface area contributed by atoms with Gasteiger partial charge in [-0.3, -0.25) is 4.79 Å². The summed E-state index contributed by atoms with van der Waals surface area (Å²) >= 11 is 0. The van der Waals surface area contributed by atoms with Crippen LogP contribution in [-0.4, -0.2) is 25.0 Å². The van der Waals surface area contributed by atoms with E-state index in [0.29, 0.717) is 5.92 Å². The molecule has 2 N–H and O–H groups in total. The fraction of sp³-hybridized carbons (Fsp3) is 0.364. The molecule has 0 aliphatic carbocycles. The van der Waals surface area contributed by atoms with E-state index in [-0.39, 0.29) is 24.4 Å². The fourth-order valence-corrected chi connectivity index (χ4v) is 2.43. The number of halogens is 1. The molecule has 1 aromatic carbocycles. The first-order valence-electron chi connectivity index (χ1n) is 4.97. The van der Waals surface area contributed by atoms with Gasteiger partial charge in [-0.25, -0.2) is 0 Å². The van der Waals surface area contributed by atoms with Crippen LogP contribution in [-0.2, 0) is 0 Å². The SMILES string of the molecule is Cl.O=C1N[C@H]2CNC[C@@H]2c2ccccc21. The summed E-state index contributed by atoms with van der Waals surface area (Å²) in [5.74, 6) is 0.537. The van der Waals surface area contributed by atoms with E-state index in [4.69, 9.17) is 0 Å². The van der Waals surface area contributed by atoms with Crippen LogP contribution in [0.2, 0.25) is 0 Å². The van der Waals surface area contributed by atoms with Crippen molar-refractivity contribution in [2.24, 2.45) is 0 Å². The van der Waals surface area contributed by atoms with E-state index in [1.165, 1.54) is 5.56 Å². The van der Waals surface area contributed by atoms with Crippen molar-refractivity contribution in [2.45, 2.75) is 12.0 Å². The van der Waals surface area contributed by atoms with Gasteiger partial charge < -0.3 is 10.6 Å². The van der Waals surface area contributed by atoms with Gasteiger partial charge in [0, 0.05) is 30.6 Å². The second-order valence-corrected chi connectivity index (χ2v) is 3.93. The van der Waals surface area contributed by atoms with Crippen LogP contribution in [0.15, 0.2) is 24.3 Å². The first-order valence-corrected chi connectivity index (χ1v) is 4.97. The van der Waals surface area contributed by atoms with Crippen LogP contribution >= 0.6 is 12.4 Å². The van der Waals surface area contributed by atoms with Gasteiger partial charge >= 0.3 is 0 Å². The predicted molar refractivity (Wildman–Crippen MR) is 60.6 cm³/mol. The summed E-state index contributed by atoms with van der Waals surface area (Å²) < 4.78 is 0. The van der Waals surface area contributed by atoms with Gasteiger partial charge in [-0.05, 0) is 11.6 Å². The monoisotopic (exact) mass is 224 g/mol. The number of hydrogen-bond donors (Lipinski definition) is 2. The molecule has 4 heteroatoms. The largest absolute Gasteiger partial charge is 0.347 e. The number of benzene rings is 1. The zero-order chi connectivity index (χ0) is 9.54. The van der Waals surface area contributed by atoms with Crippen molar-refractivity contribution < 1.29 is 4.79 Å². The van der Waals surface area contributed by atoms with Crippen LogP contribution in [0.3, 0.4) is 0 Å². The first-order chi connectivity index (χ1) is 6.86. The number of nitrogens with one attached hydrogen (secondary N) is 2. The minimum Gasteiger partial charge on any atom is -0.347 e. The molecule has 0 saturated carbocycles. The van der Waals surface area contributed by atoms with E-state index in [9.17, 15) is 4.79 Å². The zero-order valence-corrected chi connectivity index (χ0v) is 9.01. The predicted octanol–water partition coefficient (Wildman–Crippen LogP) is 0.907. The Labute approximate surface area is 94.7 Å². The average Bonchev–Trinajstić information content (AvgIpc) is 2.66. The lowest BCUT2D eigenvalue weighted by molar-refractivity contribution is 0.0924. The molecule has 2 heterocycles. The molecule has 3 nitrogen and oxygen atoms in total. The number of fused-ring (bicyclic) bond motifs is 3. The summed E-state index contributed by atoms with van der Waals surface area (Å²) in [5.41, 5.74) is 2.05. The van der Waals surface area contributed by atoms with E-state index in [0.717, 1.165) is 18.7 Å². The van der Waals surface area contributed by atoms with Crippen LogP contribution < -0.4 is 10.6 Å². The lowest BCUT2D eigenvalue weighted by atomic mass is 9.86. The van der Waals surface area contributed by atoms with E-state index < -0.39 is 0 Å². The number of rotatable bonds is 0. The second-order valence-electron chi connectivity index (χ2n) is 3.93. The molecule has 3 rings (SSSR count). The topological polar surface area (TPSA) is 41.1 Å². The fourth-order valence-electron chi connectivity index (χ4n) is 2.43. The maximum absolute atomic E-state index is 11.7. The average molecular weight is 225 g/mol. The Morgan fingerprint density at radius 3 is 2.87 bits per heavy atom. The van der Waals surface area contributed by atoms with Gasteiger partial charge in [-0.1, -0.05) is 18.2 Å². The summed E-state index contributed by atoms with van der Waals surface area (Å²) in [6, 6.07) is 8.18. The highest BCUT2D eigenvalue weighted by Crippen LogP contribution is 2.29. The first kappa shape index (κ1) is 10.5. The molecule has 2 atom stereocenters. The standard InChI is InChI=1S/C11H12N2O.ClH/c14-11-8-4-2-1-3-7(8)9-5-12-6-10(9)13-11;/h1-4,9-10,12H,5-6H2,(H,13,14);1H/t9-,10+;/m1./s1. The van der Waals surface area contributed by atoms with E-state index in [2.05, 4.69) is 16.7 Å². The Morgan fingerprint density at radius 2 is 2.00 bits per heavy atom. The molecule has 15 heavy (non-hydrogen) atoms. The third-order valence-corrected chi connectivity index (χ3v) is 3.14. The molecule has 0 radical (unpaired) electrons. The highest BCUT2D eigenvalue weighted by atomic mass is 35.5. The molecule has 0 unspecified atom stereocenters. The van der Waals surface area contributed by atoms with E-state index in [1.807, 2.05) is 18.2 Å². The van der Waals surface area contributed by atoms with Gasteiger partial charge in [0.15, 0.2) is 0 Å². The number of hydrogen-bond acceptors (Lipinski definition) is 2. The maximum atomic E-state index is 11.7. The lowest BCUT2D eigenvalue weighted by Gasteiger charge is -2.27. The van der Waals surface area contributed by atoms with Crippen LogP contribution in [0, 0.1) is 0 Å². The van der Waals surface area contributed by atoms with E-state index >= 15 is 0 Å². The highest BCUT2D eigenvalue weighted by molar-refractivity contribution is 5.97. The quantitative estimate of drug-likeness (QED) is 0.688. The van der Waals surface area contributed by atoms with Crippen LogP contribution in [0.4, 0.5) is 0 Å². The maximum Gasteiger partial charge on any atom is 0.251 e. The Bertz CT molecular complexity index is 394. The van der Waals surface area contributed by atoms with Crippen molar-refractivity contribution >= 4 is 18.3 Å². The molecule has 0 bridgehead atoms. The Kier molecular flexibility index (Phi) is 2.67. The van der Waals surface area contributed by atoms with Crippen molar-refractivity contribution in [3.8, 4) is 0 Å². The summed E-state index contributed by atoms with van der Waals surface area (Å²) in [7, 11) is 0. The van der Waals surface area contributed by atoms with Crippen molar-refractivity contribution in [1.29, 1.82) is 0 Å². The molecule has 1 aromatic rings. The minimum atomic E-state index is 0. The van der Waals surface area contributed by atoms with Crippen LogP contribution in [0.5, 0.6) is 0 Å².